The first-order valence-corrected chi connectivity index (χ1v) is 9.64. The molecule has 0 bridgehead atoms. The molecule has 0 aliphatic heterocycles. The topological polar surface area (TPSA) is 34.1 Å². The smallest absolute Gasteiger partial charge is 0.142 e. The Morgan fingerprint density at radius 2 is 1.08 bits per heavy atom. The van der Waals surface area contributed by atoms with Gasteiger partial charge in [0, 0.05) is 23.7 Å². The molecular weight excluding hydrogens is 296 g/mol. The summed E-state index contributed by atoms with van der Waals surface area (Å²) >= 11 is 0. The summed E-state index contributed by atoms with van der Waals surface area (Å²) in [6.45, 7) is 4.30. The predicted octanol–water partition coefficient (Wildman–Crippen LogP) is 5.24. The molecule has 0 N–H and O–H groups in total. The van der Waals surface area contributed by atoms with E-state index in [-0.39, 0.29) is 10.8 Å². The molecule has 2 nitrogen and oxygen atoms in total. The lowest BCUT2D eigenvalue weighted by molar-refractivity contribution is -0.128. The third-order valence-corrected chi connectivity index (χ3v) is 7.25. The Labute approximate surface area is 145 Å². The molecule has 2 fully saturated rings. The predicted molar refractivity (Wildman–Crippen MR) is 95.6 cm³/mol. The summed E-state index contributed by atoms with van der Waals surface area (Å²) in [5, 5.41) is 0. The molecule has 0 heterocycles. The second-order valence-electron chi connectivity index (χ2n) is 8.61. The van der Waals surface area contributed by atoms with Gasteiger partial charge in [-0.2, -0.15) is 0 Å². The maximum atomic E-state index is 12.4. The maximum Gasteiger partial charge on any atom is 0.142 e. The Hall–Kier alpha value is -1.44. The van der Waals surface area contributed by atoms with Gasteiger partial charge in [0.25, 0.3) is 0 Å². The Bertz CT molecular complexity index is 645. The van der Waals surface area contributed by atoms with Crippen LogP contribution < -0.4 is 0 Å². The highest BCUT2D eigenvalue weighted by molar-refractivity contribution is 5.90. The van der Waals surface area contributed by atoms with Crippen LogP contribution in [0, 0.1) is 10.8 Å². The fourth-order valence-corrected chi connectivity index (χ4v) is 5.24. The van der Waals surface area contributed by atoms with E-state index >= 15 is 0 Å². The van der Waals surface area contributed by atoms with Crippen molar-refractivity contribution < 1.29 is 9.59 Å². The highest BCUT2D eigenvalue weighted by Crippen LogP contribution is 2.50. The van der Waals surface area contributed by atoms with E-state index in [0.29, 0.717) is 11.6 Å². The molecule has 2 heteroatoms. The minimum absolute atomic E-state index is 0.195. The largest absolute Gasteiger partial charge is 0.299 e. The molecule has 0 aromatic heterocycles. The summed E-state index contributed by atoms with van der Waals surface area (Å²) in [6, 6.07) is 0. The molecule has 4 aliphatic rings. The van der Waals surface area contributed by atoms with Gasteiger partial charge in [-0.3, -0.25) is 9.59 Å². The standard InChI is InChI=1S/C22H28O2/c1-21-11-9-15(13-17(21)5-3-7-19(21)23)16-10-12-22(2)18(14-16)6-4-8-20(22)24/h13-14H,3-12H2,1-2H3/b16-15+. The molecule has 0 amide bonds. The van der Waals surface area contributed by atoms with E-state index in [0.717, 1.165) is 64.2 Å². The van der Waals surface area contributed by atoms with Crippen LogP contribution in [0.25, 0.3) is 0 Å². The van der Waals surface area contributed by atoms with Gasteiger partial charge < -0.3 is 0 Å². The van der Waals surface area contributed by atoms with Gasteiger partial charge in [-0.1, -0.05) is 23.3 Å². The zero-order valence-electron chi connectivity index (χ0n) is 15.0. The van der Waals surface area contributed by atoms with Gasteiger partial charge in [-0.25, -0.2) is 0 Å². The van der Waals surface area contributed by atoms with Crippen molar-refractivity contribution in [2.24, 2.45) is 10.8 Å². The van der Waals surface area contributed by atoms with Crippen LogP contribution in [0.1, 0.15) is 78.1 Å². The number of ketones is 2. The van der Waals surface area contributed by atoms with Gasteiger partial charge >= 0.3 is 0 Å². The molecule has 0 spiro atoms. The Morgan fingerprint density at radius 3 is 1.50 bits per heavy atom. The van der Waals surface area contributed by atoms with Crippen molar-refractivity contribution in [3.8, 4) is 0 Å². The quantitative estimate of drug-likeness (QED) is 0.610. The summed E-state index contributed by atoms with van der Waals surface area (Å²) in [6.07, 6.45) is 14.3. The summed E-state index contributed by atoms with van der Waals surface area (Å²) < 4.78 is 0. The van der Waals surface area contributed by atoms with Crippen molar-refractivity contribution in [2.45, 2.75) is 78.1 Å². The first-order chi connectivity index (χ1) is 11.4. The fourth-order valence-electron chi connectivity index (χ4n) is 5.24. The van der Waals surface area contributed by atoms with Gasteiger partial charge in [-0.05, 0) is 76.4 Å². The molecule has 2 saturated carbocycles. The molecule has 4 aliphatic carbocycles. The van der Waals surface area contributed by atoms with Crippen molar-refractivity contribution in [1.82, 2.24) is 0 Å². The van der Waals surface area contributed by atoms with Gasteiger partial charge in [0.1, 0.15) is 11.6 Å². The van der Waals surface area contributed by atoms with E-state index in [9.17, 15) is 9.59 Å². The molecule has 0 aromatic carbocycles. The molecule has 0 saturated heterocycles. The third-order valence-electron chi connectivity index (χ3n) is 7.25. The van der Waals surface area contributed by atoms with Crippen LogP contribution in [0.3, 0.4) is 0 Å². The SMILES string of the molecule is CC12CC/C(=C3\C=C4CCCC(=O)C4(C)CC3)C=C1CCCC2=O. The highest BCUT2D eigenvalue weighted by Gasteiger charge is 2.43. The van der Waals surface area contributed by atoms with Crippen LogP contribution in [0.2, 0.25) is 0 Å². The fraction of sp³-hybridized carbons (Fsp3) is 0.636. The van der Waals surface area contributed by atoms with Crippen molar-refractivity contribution in [1.29, 1.82) is 0 Å². The van der Waals surface area contributed by atoms with E-state index in [1.807, 2.05) is 0 Å². The first-order valence-electron chi connectivity index (χ1n) is 9.64. The molecule has 24 heavy (non-hydrogen) atoms. The van der Waals surface area contributed by atoms with Crippen molar-refractivity contribution in [3.05, 3.63) is 34.4 Å². The van der Waals surface area contributed by atoms with Crippen LogP contribution in [-0.4, -0.2) is 11.6 Å². The highest BCUT2D eigenvalue weighted by atomic mass is 16.1. The lowest BCUT2D eigenvalue weighted by Gasteiger charge is -2.41. The lowest BCUT2D eigenvalue weighted by atomic mass is 9.62. The summed E-state index contributed by atoms with van der Waals surface area (Å²) in [5.74, 6) is 0.882. The zero-order chi connectivity index (χ0) is 16.9. The Kier molecular flexibility index (Phi) is 3.71. The number of rotatable bonds is 0. The number of carbonyl (C=O) groups excluding carboxylic acids is 2. The number of carbonyl (C=O) groups is 2. The average Bonchev–Trinajstić information content (AvgIpc) is 2.57. The van der Waals surface area contributed by atoms with Crippen LogP contribution >= 0.6 is 0 Å². The number of Topliss-reactive ketones (excluding diaryl/α,β-unsaturated/α-hetero) is 2. The van der Waals surface area contributed by atoms with Crippen LogP contribution in [0.5, 0.6) is 0 Å². The van der Waals surface area contributed by atoms with Crippen molar-refractivity contribution in [2.75, 3.05) is 0 Å². The van der Waals surface area contributed by atoms with Crippen LogP contribution in [0.15, 0.2) is 34.4 Å². The second kappa shape index (κ2) is 5.54. The minimum Gasteiger partial charge on any atom is -0.299 e. The van der Waals surface area contributed by atoms with Gasteiger partial charge in [-0.15, -0.1) is 0 Å². The Morgan fingerprint density at radius 1 is 0.667 bits per heavy atom. The molecule has 0 radical (unpaired) electrons. The molecule has 2 atom stereocenters. The van der Waals surface area contributed by atoms with Gasteiger partial charge in [0.2, 0.25) is 0 Å². The number of hydrogen-bond donors (Lipinski definition) is 0. The molecule has 128 valence electrons. The lowest BCUT2D eigenvalue weighted by Crippen LogP contribution is -2.36. The summed E-state index contributed by atoms with van der Waals surface area (Å²) in [4.78, 5) is 24.8. The summed E-state index contributed by atoms with van der Waals surface area (Å²) in [5.41, 5.74) is 5.20. The Balaban J connectivity index is 1.71. The minimum atomic E-state index is -0.195. The molecule has 0 aromatic rings. The van der Waals surface area contributed by atoms with Crippen LogP contribution in [0.4, 0.5) is 0 Å². The molecule has 2 unspecified atom stereocenters. The first kappa shape index (κ1) is 16.1. The monoisotopic (exact) mass is 324 g/mol. The van der Waals surface area contributed by atoms with Gasteiger partial charge in [0.05, 0.1) is 0 Å². The average molecular weight is 324 g/mol. The van der Waals surface area contributed by atoms with E-state index in [2.05, 4.69) is 26.0 Å². The number of fused-ring (bicyclic) bond motifs is 2. The van der Waals surface area contributed by atoms with Gasteiger partial charge in [0.15, 0.2) is 0 Å². The number of allylic oxidation sites excluding steroid dienone is 6. The third kappa shape index (κ3) is 2.29. The van der Waals surface area contributed by atoms with E-state index in [4.69, 9.17) is 0 Å². The van der Waals surface area contributed by atoms with Crippen molar-refractivity contribution in [3.63, 3.8) is 0 Å². The van der Waals surface area contributed by atoms with E-state index in [1.165, 1.54) is 22.3 Å². The van der Waals surface area contributed by atoms with Crippen molar-refractivity contribution >= 4 is 11.6 Å². The van der Waals surface area contributed by atoms with Crippen LogP contribution in [-0.2, 0) is 9.59 Å². The maximum absolute atomic E-state index is 12.4. The summed E-state index contributed by atoms with van der Waals surface area (Å²) in [7, 11) is 0. The van der Waals surface area contributed by atoms with E-state index < -0.39 is 0 Å². The zero-order valence-corrected chi connectivity index (χ0v) is 15.0. The normalized spacial score (nSPS) is 39.8. The molecule has 4 rings (SSSR count). The molecular formula is C22H28O2. The second-order valence-corrected chi connectivity index (χ2v) is 8.61. The number of hydrogen-bond acceptors (Lipinski definition) is 2. The van der Waals surface area contributed by atoms with E-state index in [1.54, 1.807) is 0 Å².